The number of likely N-dealkylation sites (tertiary alicyclic amines) is 1. The molecule has 0 atom stereocenters. The molecule has 0 amide bonds. The summed E-state index contributed by atoms with van der Waals surface area (Å²) >= 11 is 0. The highest BCUT2D eigenvalue weighted by Crippen LogP contribution is 2.15. The number of hydrogen-bond donors (Lipinski definition) is 1. The molecule has 6 nitrogen and oxygen atoms in total. The van der Waals surface area contributed by atoms with Crippen molar-refractivity contribution in [3.63, 3.8) is 0 Å². The second-order valence-corrected chi connectivity index (χ2v) is 6.30. The first kappa shape index (κ1) is 20.5. The van der Waals surface area contributed by atoms with E-state index in [1.54, 1.807) is 7.11 Å². The molecular weight excluding hydrogens is 330 g/mol. The second kappa shape index (κ2) is 11.8. The summed E-state index contributed by atoms with van der Waals surface area (Å²) < 4.78 is 16.3. The van der Waals surface area contributed by atoms with E-state index >= 15 is 0 Å². The Kier molecular flexibility index (Phi) is 9.28. The van der Waals surface area contributed by atoms with E-state index in [2.05, 4.69) is 36.2 Å². The first-order chi connectivity index (χ1) is 12.8. The lowest BCUT2D eigenvalue weighted by molar-refractivity contribution is 0.0263. The number of nitrogens with zero attached hydrogens (tertiary/aromatic N) is 2. The fraction of sp³-hybridized carbons (Fsp3) is 0.650. The standard InChI is InChI=1S/C20H33N3O3/c1-4-21-20(23-12-10-19(11-13-23)25-5-2)22-16-17-6-8-18(9-7-17)26-15-14-24-3/h6-9,19H,4-5,10-16H2,1-3H3,(H,21,22). The van der Waals surface area contributed by atoms with Crippen LogP contribution in [0.2, 0.25) is 0 Å². The van der Waals surface area contributed by atoms with Crippen molar-refractivity contribution >= 4 is 5.96 Å². The van der Waals surface area contributed by atoms with Crippen molar-refractivity contribution in [1.29, 1.82) is 0 Å². The van der Waals surface area contributed by atoms with Crippen LogP contribution in [0.5, 0.6) is 5.75 Å². The van der Waals surface area contributed by atoms with E-state index in [9.17, 15) is 0 Å². The van der Waals surface area contributed by atoms with Gasteiger partial charge >= 0.3 is 0 Å². The molecule has 146 valence electrons. The molecule has 1 saturated heterocycles. The highest BCUT2D eigenvalue weighted by atomic mass is 16.5. The van der Waals surface area contributed by atoms with Crippen LogP contribution in [-0.4, -0.2) is 63.5 Å². The molecule has 26 heavy (non-hydrogen) atoms. The molecule has 1 N–H and O–H groups in total. The van der Waals surface area contributed by atoms with Crippen LogP contribution in [0.25, 0.3) is 0 Å². The van der Waals surface area contributed by atoms with Crippen LogP contribution >= 0.6 is 0 Å². The normalized spacial score (nSPS) is 16.0. The Hall–Kier alpha value is -1.79. The van der Waals surface area contributed by atoms with Gasteiger partial charge in [0.25, 0.3) is 0 Å². The highest BCUT2D eigenvalue weighted by Gasteiger charge is 2.21. The van der Waals surface area contributed by atoms with Gasteiger partial charge in [-0.3, -0.25) is 0 Å². The smallest absolute Gasteiger partial charge is 0.194 e. The molecule has 1 fully saturated rings. The molecule has 1 aromatic carbocycles. The third-order valence-electron chi connectivity index (χ3n) is 4.37. The van der Waals surface area contributed by atoms with Gasteiger partial charge in [-0.05, 0) is 44.4 Å². The molecule has 0 aliphatic carbocycles. The number of rotatable bonds is 9. The Morgan fingerprint density at radius 2 is 1.88 bits per heavy atom. The average Bonchev–Trinajstić information content (AvgIpc) is 2.67. The summed E-state index contributed by atoms with van der Waals surface area (Å²) in [5, 5.41) is 3.41. The largest absolute Gasteiger partial charge is 0.491 e. The Bertz CT molecular complexity index is 526. The first-order valence-electron chi connectivity index (χ1n) is 9.62. The Morgan fingerprint density at radius 1 is 1.15 bits per heavy atom. The van der Waals surface area contributed by atoms with Crippen LogP contribution in [-0.2, 0) is 16.0 Å². The van der Waals surface area contributed by atoms with Crippen molar-refractivity contribution < 1.29 is 14.2 Å². The molecular formula is C20H33N3O3. The third kappa shape index (κ3) is 6.84. The van der Waals surface area contributed by atoms with Crippen LogP contribution in [0.1, 0.15) is 32.3 Å². The van der Waals surface area contributed by atoms with Gasteiger partial charge in [0.15, 0.2) is 5.96 Å². The fourth-order valence-electron chi connectivity index (χ4n) is 3.00. The van der Waals surface area contributed by atoms with Gasteiger partial charge in [0.2, 0.25) is 0 Å². The lowest BCUT2D eigenvalue weighted by Crippen LogP contribution is -2.47. The van der Waals surface area contributed by atoms with E-state index in [0.29, 0.717) is 25.9 Å². The number of hydrogen-bond acceptors (Lipinski definition) is 4. The summed E-state index contributed by atoms with van der Waals surface area (Å²) in [5.41, 5.74) is 1.17. The summed E-state index contributed by atoms with van der Waals surface area (Å²) in [6.07, 6.45) is 2.52. The maximum Gasteiger partial charge on any atom is 0.194 e. The van der Waals surface area contributed by atoms with Crippen molar-refractivity contribution in [1.82, 2.24) is 10.2 Å². The quantitative estimate of drug-likeness (QED) is 0.415. The van der Waals surface area contributed by atoms with Crippen LogP contribution in [0.4, 0.5) is 0 Å². The van der Waals surface area contributed by atoms with Gasteiger partial charge in [-0.2, -0.15) is 0 Å². The fourth-order valence-corrected chi connectivity index (χ4v) is 3.00. The van der Waals surface area contributed by atoms with Gasteiger partial charge < -0.3 is 24.4 Å². The summed E-state index contributed by atoms with van der Waals surface area (Å²) in [6, 6.07) is 8.11. The summed E-state index contributed by atoms with van der Waals surface area (Å²) in [4.78, 5) is 7.15. The molecule has 0 saturated carbocycles. The molecule has 1 heterocycles. The van der Waals surface area contributed by atoms with Crippen molar-refractivity contribution in [3.05, 3.63) is 29.8 Å². The van der Waals surface area contributed by atoms with E-state index in [4.69, 9.17) is 19.2 Å². The second-order valence-electron chi connectivity index (χ2n) is 6.30. The molecule has 0 unspecified atom stereocenters. The molecule has 0 spiro atoms. The Labute approximate surface area is 157 Å². The van der Waals surface area contributed by atoms with Gasteiger partial charge in [0.1, 0.15) is 12.4 Å². The maximum absolute atomic E-state index is 5.74. The lowest BCUT2D eigenvalue weighted by atomic mass is 10.1. The molecule has 1 aromatic rings. The summed E-state index contributed by atoms with van der Waals surface area (Å²) in [5.74, 6) is 1.85. The Morgan fingerprint density at radius 3 is 2.50 bits per heavy atom. The SMILES string of the molecule is CCNC(=NCc1ccc(OCCOC)cc1)N1CCC(OCC)CC1. The third-order valence-corrected chi connectivity index (χ3v) is 4.37. The van der Waals surface area contributed by atoms with Gasteiger partial charge in [0, 0.05) is 33.4 Å². The van der Waals surface area contributed by atoms with Crippen LogP contribution in [0.3, 0.4) is 0 Å². The zero-order chi connectivity index (χ0) is 18.6. The van der Waals surface area contributed by atoms with Crippen molar-refractivity contribution in [2.45, 2.75) is 39.3 Å². The van der Waals surface area contributed by atoms with E-state index in [-0.39, 0.29) is 0 Å². The van der Waals surface area contributed by atoms with E-state index < -0.39 is 0 Å². The van der Waals surface area contributed by atoms with Crippen molar-refractivity contribution in [2.75, 3.05) is 46.6 Å². The molecule has 0 radical (unpaired) electrons. The average molecular weight is 364 g/mol. The minimum Gasteiger partial charge on any atom is -0.491 e. The predicted octanol–water partition coefficient (Wildman–Crippen LogP) is 2.68. The predicted molar refractivity (Wildman–Crippen MR) is 105 cm³/mol. The van der Waals surface area contributed by atoms with Gasteiger partial charge in [-0.15, -0.1) is 0 Å². The van der Waals surface area contributed by atoms with Gasteiger partial charge in [-0.25, -0.2) is 4.99 Å². The number of guanidine groups is 1. The van der Waals surface area contributed by atoms with E-state index in [1.165, 1.54) is 5.56 Å². The summed E-state index contributed by atoms with van der Waals surface area (Å²) in [6.45, 7) is 9.63. The monoisotopic (exact) mass is 363 g/mol. The number of piperidine rings is 1. The number of nitrogens with one attached hydrogen (secondary N) is 1. The minimum atomic E-state index is 0.393. The number of aliphatic imine (C=N–C) groups is 1. The van der Waals surface area contributed by atoms with Gasteiger partial charge in [-0.1, -0.05) is 12.1 Å². The molecule has 1 aliphatic heterocycles. The number of benzene rings is 1. The van der Waals surface area contributed by atoms with E-state index in [0.717, 1.165) is 50.8 Å². The number of ether oxygens (including phenoxy) is 3. The van der Waals surface area contributed by atoms with Gasteiger partial charge in [0.05, 0.1) is 19.3 Å². The van der Waals surface area contributed by atoms with Crippen LogP contribution in [0.15, 0.2) is 29.3 Å². The molecule has 0 aromatic heterocycles. The molecule has 1 aliphatic rings. The molecule has 6 heteroatoms. The number of methoxy groups -OCH3 is 1. The lowest BCUT2D eigenvalue weighted by Gasteiger charge is -2.34. The van der Waals surface area contributed by atoms with Crippen molar-refractivity contribution in [2.24, 2.45) is 4.99 Å². The zero-order valence-electron chi connectivity index (χ0n) is 16.4. The van der Waals surface area contributed by atoms with Crippen LogP contribution in [0, 0.1) is 0 Å². The first-order valence-corrected chi connectivity index (χ1v) is 9.62. The minimum absolute atomic E-state index is 0.393. The zero-order valence-corrected chi connectivity index (χ0v) is 16.4. The highest BCUT2D eigenvalue weighted by molar-refractivity contribution is 5.80. The molecule has 2 rings (SSSR count). The van der Waals surface area contributed by atoms with E-state index in [1.807, 2.05) is 12.1 Å². The Balaban J connectivity index is 1.88. The van der Waals surface area contributed by atoms with Crippen LogP contribution < -0.4 is 10.1 Å². The summed E-state index contributed by atoms with van der Waals surface area (Å²) in [7, 11) is 1.67. The topological polar surface area (TPSA) is 55.3 Å². The maximum atomic E-state index is 5.74. The molecule has 0 bridgehead atoms. The van der Waals surface area contributed by atoms with Crippen molar-refractivity contribution in [3.8, 4) is 5.75 Å².